The van der Waals surface area contributed by atoms with Crippen LogP contribution in [0.2, 0.25) is 5.02 Å². The van der Waals surface area contributed by atoms with E-state index in [0.717, 1.165) is 18.7 Å². The van der Waals surface area contributed by atoms with Crippen molar-refractivity contribution in [2.45, 2.75) is 40.2 Å². The third-order valence-electron chi connectivity index (χ3n) is 4.00. The summed E-state index contributed by atoms with van der Waals surface area (Å²) in [5.41, 5.74) is 2.99. The summed E-state index contributed by atoms with van der Waals surface area (Å²) in [6.07, 6.45) is -0.420. The quantitative estimate of drug-likeness (QED) is 0.336. The molecule has 142 valence electrons. The zero-order valence-electron chi connectivity index (χ0n) is 15.7. The van der Waals surface area contributed by atoms with Crippen LogP contribution in [0.4, 0.5) is 0 Å². The molecule has 0 heterocycles. The minimum atomic E-state index is -0.737. The van der Waals surface area contributed by atoms with Crippen LogP contribution in [0.1, 0.15) is 45.8 Å². The highest BCUT2D eigenvalue weighted by atomic mass is 35.5. The predicted octanol–water partition coefficient (Wildman–Crippen LogP) is 2.98. The van der Waals surface area contributed by atoms with Crippen LogP contribution in [0.25, 0.3) is 0 Å². The third-order valence-corrected chi connectivity index (χ3v) is 4.25. The largest absolute Gasteiger partial charge is 0.388 e. The average molecular weight is 370 g/mol. The van der Waals surface area contributed by atoms with E-state index in [2.05, 4.69) is 38.0 Å². The van der Waals surface area contributed by atoms with E-state index in [1.54, 1.807) is 24.3 Å². The lowest BCUT2D eigenvalue weighted by molar-refractivity contribution is -0.127. The van der Waals surface area contributed by atoms with E-state index in [0.29, 0.717) is 29.8 Å². The lowest BCUT2D eigenvalue weighted by Gasteiger charge is -2.30. The van der Waals surface area contributed by atoms with Crippen LogP contribution in [-0.4, -0.2) is 35.5 Å². The molecular weight excluding hydrogens is 338 g/mol. The number of hydrogen-bond donors (Lipinski definition) is 3. The van der Waals surface area contributed by atoms with E-state index in [4.69, 9.17) is 17.4 Å². The fraction of sp³-hybridized carbons (Fsp3) is 0.632. The predicted molar refractivity (Wildman–Crippen MR) is 103 cm³/mol. The summed E-state index contributed by atoms with van der Waals surface area (Å²) in [5.74, 6) is 5.74. The number of aliphatic hydroxyl groups is 1. The molecule has 1 aromatic rings. The van der Waals surface area contributed by atoms with Gasteiger partial charge < -0.3 is 10.0 Å². The lowest BCUT2D eigenvalue weighted by atomic mass is 9.95. The van der Waals surface area contributed by atoms with Crippen LogP contribution in [0.5, 0.6) is 0 Å². The van der Waals surface area contributed by atoms with Gasteiger partial charge in [0.1, 0.15) is 0 Å². The molecule has 4 N–H and O–H groups in total. The van der Waals surface area contributed by atoms with Crippen molar-refractivity contribution in [1.82, 2.24) is 10.3 Å². The Morgan fingerprint density at radius 2 is 1.64 bits per heavy atom. The zero-order chi connectivity index (χ0) is 19.0. The first-order valence-electron chi connectivity index (χ1n) is 8.89. The fourth-order valence-electron chi connectivity index (χ4n) is 3.04. The van der Waals surface area contributed by atoms with Crippen LogP contribution in [0.15, 0.2) is 24.3 Å². The van der Waals surface area contributed by atoms with Gasteiger partial charge in [-0.15, -0.1) is 0 Å². The maximum Gasteiger partial charge on any atom is 0.238 e. The standard InChI is InChI=1S/C19H32ClN3O2/c1-13(2)10-23(11-14(3)4)12-16(19(25)22-21)9-18(24)15-5-7-17(20)8-6-15/h5-8,13-14,16,18,24H,9-12,21H2,1-4H3,(H,22,25). The average Bonchev–Trinajstić information content (AvgIpc) is 2.52. The van der Waals surface area contributed by atoms with Gasteiger partial charge in [-0.25, -0.2) is 5.84 Å². The molecular formula is C19H32ClN3O2. The molecule has 2 atom stereocenters. The van der Waals surface area contributed by atoms with Gasteiger partial charge in [0.05, 0.1) is 12.0 Å². The van der Waals surface area contributed by atoms with Crippen molar-refractivity contribution in [3.05, 3.63) is 34.9 Å². The fourth-order valence-corrected chi connectivity index (χ4v) is 3.17. The van der Waals surface area contributed by atoms with E-state index in [-0.39, 0.29) is 11.8 Å². The Morgan fingerprint density at radius 3 is 2.08 bits per heavy atom. The highest BCUT2D eigenvalue weighted by Gasteiger charge is 2.25. The smallest absolute Gasteiger partial charge is 0.238 e. The molecule has 2 unspecified atom stereocenters. The van der Waals surface area contributed by atoms with Crippen molar-refractivity contribution in [3.63, 3.8) is 0 Å². The number of rotatable bonds is 10. The molecule has 5 nitrogen and oxygen atoms in total. The Kier molecular flexibility index (Phi) is 9.43. The second-order valence-corrected chi connectivity index (χ2v) is 7.95. The van der Waals surface area contributed by atoms with E-state index in [1.807, 2.05) is 0 Å². The number of carbonyl (C=O) groups excluding carboxylic acids is 1. The highest BCUT2D eigenvalue weighted by molar-refractivity contribution is 6.30. The van der Waals surface area contributed by atoms with Gasteiger partial charge in [0, 0.05) is 24.7 Å². The second kappa shape index (κ2) is 10.8. The zero-order valence-corrected chi connectivity index (χ0v) is 16.5. The first-order valence-corrected chi connectivity index (χ1v) is 9.27. The van der Waals surface area contributed by atoms with E-state index in [9.17, 15) is 9.90 Å². The number of carbonyl (C=O) groups is 1. The van der Waals surface area contributed by atoms with Gasteiger partial charge in [-0.3, -0.25) is 10.2 Å². The van der Waals surface area contributed by atoms with Gasteiger partial charge in [0.15, 0.2) is 0 Å². The Morgan fingerprint density at radius 1 is 1.12 bits per heavy atom. The molecule has 1 amide bonds. The summed E-state index contributed by atoms with van der Waals surface area (Å²) >= 11 is 5.89. The molecule has 0 spiro atoms. The molecule has 0 saturated carbocycles. The molecule has 25 heavy (non-hydrogen) atoms. The Labute approximate surface area is 156 Å². The molecule has 0 aliphatic heterocycles. The minimum Gasteiger partial charge on any atom is -0.388 e. The van der Waals surface area contributed by atoms with Crippen LogP contribution in [-0.2, 0) is 4.79 Å². The molecule has 1 rings (SSSR count). The molecule has 0 aliphatic rings. The number of amides is 1. The number of hydrazine groups is 1. The van der Waals surface area contributed by atoms with Crippen LogP contribution in [0.3, 0.4) is 0 Å². The highest BCUT2D eigenvalue weighted by Crippen LogP contribution is 2.24. The SMILES string of the molecule is CC(C)CN(CC(C)C)CC(CC(O)c1ccc(Cl)cc1)C(=O)NN. The third kappa shape index (κ3) is 8.19. The van der Waals surface area contributed by atoms with Gasteiger partial charge >= 0.3 is 0 Å². The Hall–Kier alpha value is -1.14. The summed E-state index contributed by atoms with van der Waals surface area (Å²) in [5, 5.41) is 11.1. The maximum absolute atomic E-state index is 12.2. The molecule has 0 radical (unpaired) electrons. The second-order valence-electron chi connectivity index (χ2n) is 7.51. The number of hydrogen-bond acceptors (Lipinski definition) is 4. The number of aliphatic hydroxyl groups excluding tert-OH is 1. The van der Waals surface area contributed by atoms with Crippen LogP contribution < -0.4 is 11.3 Å². The number of nitrogens with zero attached hydrogens (tertiary/aromatic N) is 1. The molecule has 0 aromatic heterocycles. The summed E-state index contributed by atoms with van der Waals surface area (Å²) in [4.78, 5) is 14.5. The molecule has 0 aliphatic carbocycles. The topological polar surface area (TPSA) is 78.6 Å². The summed E-state index contributed by atoms with van der Waals surface area (Å²) in [7, 11) is 0. The van der Waals surface area contributed by atoms with Gasteiger partial charge in [-0.2, -0.15) is 0 Å². The normalized spacial score (nSPS) is 14.2. The molecule has 6 heteroatoms. The molecule has 0 bridgehead atoms. The number of nitrogens with two attached hydrogens (primary N) is 1. The van der Waals surface area contributed by atoms with E-state index in [1.165, 1.54) is 0 Å². The van der Waals surface area contributed by atoms with Gasteiger partial charge in [-0.05, 0) is 36.0 Å². The Bertz CT molecular complexity index is 510. The van der Waals surface area contributed by atoms with Crippen molar-refractivity contribution < 1.29 is 9.90 Å². The lowest BCUT2D eigenvalue weighted by Crippen LogP contribution is -2.44. The first-order chi connectivity index (χ1) is 11.7. The Balaban J connectivity index is 2.83. The van der Waals surface area contributed by atoms with Crippen molar-refractivity contribution in [2.75, 3.05) is 19.6 Å². The molecule has 0 saturated heterocycles. The van der Waals surface area contributed by atoms with Crippen molar-refractivity contribution in [1.29, 1.82) is 0 Å². The number of benzene rings is 1. The van der Waals surface area contributed by atoms with Gasteiger partial charge in [0.25, 0.3) is 0 Å². The van der Waals surface area contributed by atoms with E-state index >= 15 is 0 Å². The van der Waals surface area contributed by atoms with E-state index < -0.39 is 6.10 Å². The molecule has 0 fully saturated rings. The van der Waals surface area contributed by atoms with Crippen LogP contribution >= 0.6 is 11.6 Å². The monoisotopic (exact) mass is 369 g/mol. The van der Waals surface area contributed by atoms with Crippen LogP contribution in [0, 0.1) is 17.8 Å². The van der Waals surface area contributed by atoms with Crippen molar-refractivity contribution in [3.8, 4) is 0 Å². The molecule has 1 aromatic carbocycles. The van der Waals surface area contributed by atoms with Gasteiger partial charge in [-0.1, -0.05) is 51.4 Å². The summed E-state index contributed by atoms with van der Waals surface area (Å²) in [6, 6.07) is 7.04. The van der Waals surface area contributed by atoms with Crippen molar-refractivity contribution in [2.24, 2.45) is 23.6 Å². The van der Waals surface area contributed by atoms with Gasteiger partial charge in [0.2, 0.25) is 5.91 Å². The summed E-state index contributed by atoms with van der Waals surface area (Å²) in [6.45, 7) is 11.0. The van der Waals surface area contributed by atoms with Crippen molar-refractivity contribution >= 4 is 17.5 Å². The number of nitrogens with one attached hydrogen (secondary N) is 1. The maximum atomic E-state index is 12.2. The minimum absolute atomic E-state index is 0.245. The first kappa shape index (κ1) is 21.9. The summed E-state index contributed by atoms with van der Waals surface area (Å²) < 4.78 is 0. The number of halogens is 1.